The normalized spacial score (nSPS) is 11.4. The molecule has 0 aliphatic rings. The van der Waals surface area contributed by atoms with Crippen LogP contribution in [-0.2, 0) is 0 Å². The molecular weight excluding hydrogens is 572 g/mol. The van der Waals surface area contributed by atoms with E-state index in [0.717, 1.165) is 24.4 Å². The fourth-order valence-corrected chi connectivity index (χ4v) is 4.47. The smallest absolute Gasteiger partial charge is 0.307 e. The molecule has 0 unspecified atom stereocenters. The number of hydrazone groups is 1. The number of fused-ring (bicyclic) bond motifs is 1. The fraction of sp³-hybridized carbons (Fsp3) is 0.200. The Morgan fingerprint density at radius 3 is 2.59 bits per heavy atom. The number of benzene rings is 2. The maximum Gasteiger partial charge on any atom is 0.307 e. The number of hydrogen-bond acceptors (Lipinski definition) is 5. The van der Waals surface area contributed by atoms with E-state index in [2.05, 4.69) is 58.3 Å². The summed E-state index contributed by atoms with van der Waals surface area (Å²) in [6.45, 7) is 3.87. The van der Waals surface area contributed by atoms with E-state index in [1.54, 1.807) is 19.2 Å². The zero-order valence-corrected chi connectivity index (χ0v) is 20.5. The van der Waals surface area contributed by atoms with Gasteiger partial charge in [-0.05, 0) is 81.6 Å². The van der Waals surface area contributed by atoms with Crippen LogP contribution < -0.4 is 14.9 Å². The highest BCUT2D eigenvalue weighted by molar-refractivity contribution is 9.11. The summed E-state index contributed by atoms with van der Waals surface area (Å²) in [6.07, 6.45) is 1.52. The zero-order valence-electron chi connectivity index (χ0n) is 15.8. The van der Waals surface area contributed by atoms with E-state index in [1.807, 2.05) is 32.0 Å². The maximum atomic E-state index is 12.4. The van der Waals surface area contributed by atoms with Crippen molar-refractivity contribution in [3.05, 3.63) is 55.1 Å². The minimum absolute atomic E-state index is 0.00322. The van der Waals surface area contributed by atoms with Crippen molar-refractivity contribution in [1.82, 2.24) is 5.43 Å². The number of nitrogens with one attached hydrogen (secondary N) is 1. The zero-order chi connectivity index (χ0) is 21.1. The molecule has 1 N–H and O–H groups in total. The molecule has 6 nitrogen and oxygen atoms in total. The predicted molar refractivity (Wildman–Crippen MR) is 123 cm³/mol. The molecule has 29 heavy (non-hydrogen) atoms. The first-order valence-corrected chi connectivity index (χ1v) is 10.9. The van der Waals surface area contributed by atoms with Gasteiger partial charge >= 0.3 is 5.91 Å². The van der Waals surface area contributed by atoms with Crippen molar-refractivity contribution in [2.75, 3.05) is 7.11 Å². The van der Waals surface area contributed by atoms with Crippen molar-refractivity contribution in [3.8, 4) is 11.5 Å². The van der Waals surface area contributed by atoms with Gasteiger partial charge in [-0.15, -0.1) is 0 Å². The molecule has 1 amide bonds. The van der Waals surface area contributed by atoms with Gasteiger partial charge in [0, 0.05) is 9.86 Å². The van der Waals surface area contributed by atoms with Crippen molar-refractivity contribution in [3.63, 3.8) is 0 Å². The van der Waals surface area contributed by atoms with Gasteiger partial charge in [0.2, 0.25) is 0 Å². The second kappa shape index (κ2) is 9.32. The summed E-state index contributed by atoms with van der Waals surface area (Å²) in [5.74, 6) is 0.887. The monoisotopic (exact) mass is 586 g/mol. The van der Waals surface area contributed by atoms with Crippen molar-refractivity contribution in [2.24, 2.45) is 5.10 Å². The molecule has 0 atom stereocenters. The Kier molecular flexibility index (Phi) is 7.02. The van der Waals surface area contributed by atoms with Gasteiger partial charge in [-0.25, -0.2) is 5.43 Å². The summed E-state index contributed by atoms with van der Waals surface area (Å²) < 4.78 is 19.1. The Balaban J connectivity index is 1.76. The van der Waals surface area contributed by atoms with Crippen LogP contribution in [-0.4, -0.2) is 25.3 Å². The number of nitrogens with zero attached hydrogens (tertiary/aromatic N) is 1. The number of halogens is 3. The van der Waals surface area contributed by atoms with Crippen LogP contribution in [0.5, 0.6) is 11.5 Å². The fourth-order valence-electron chi connectivity index (χ4n) is 2.57. The van der Waals surface area contributed by atoms with Gasteiger partial charge < -0.3 is 13.9 Å². The Bertz CT molecular complexity index is 1090. The minimum atomic E-state index is -0.453. The van der Waals surface area contributed by atoms with Gasteiger partial charge in [0.05, 0.1) is 28.4 Å². The summed E-state index contributed by atoms with van der Waals surface area (Å²) in [4.78, 5) is 12.4. The van der Waals surface area contributed by atoms with E-state index in [9.17, 15) is 4.79 Å². The Morgan fingerprint density at radius 1 is 1.14 bits per heavy atom. The van der Waals surface area contributed by atoms with E-state index in [4.69, 9.17) is 13.9 Å². The van der Waals surface area contributed by atoms with Crippen LogP contribution in [0.1, 0.15) is 30.0 Å². The van der Waals surface area contributed by atoms with Crippen molar-refractivity contribution < 1.29 is 18.7 Å². The molecule has 0 bridgehead atoms. The predicted octanol–water partition coefficient (Wildman–Crippen LogP) is 6.28. The highest BCUT2D eigenvalue weighted by Crippen LogP contribution is 2.37. The van der Waals surface area contributed by atoms with Gasteiger partial charge in [-0.3, -0.25) is 4.79 Å². The highest BCUT2D eigenvalue weighted by Gasteiger charge is 2.15. The number of hydrogen-bond donors (Lipinski definition) is 1. The Labute approximate surface area is 193 Å². The number of methoxy groups -OCH3 is 1. The molecular formula is C20H17Br3N2O4. The first-order chi connectivity index (χ1) is 13.8. The van der Waals surface area contributed by atoms with Crippen LogP contribution in [0.4, 0.5) is 0 Å². The molecule has 0 fully saturated rings. The highest BCUT2D eigenvalue weighted by atomic mass is 79.9. The third-order valence-corrected chi connectivity index (χ3v) is 5.38. The lowest BCUT2D eigenvalue weighted by atomic mass is 10.2. The van der Waals surface area contributed by atoms with E-state index in [0.29, 0.717) is 17.1 Å². The van der Waals surface area contributed by atoms with Crippen molar-refractivity contribution >= 4 is 70.9 Å². The first-order valence-electron chi connectivity index (χ1n) is 8.54. The number of amides is 1. The van der Waals surface area contributed by atoms with Gasteiger partial charge in [0.1, 0.15) is 5.58 Å². The molecule has 0 radical (unpaired) electrons. The van der Waals surface area contributed by atoms with E-state index in [1.165, 1.54) is 6.21 Å². The topological polar surface area (TPSA) is 73.1 Å². The standard InChI is InChI=1S/C20H17Br3N2O4/c1-10(2)28-19-14(22)4-11(5-16(19)27-3)9-24-25-20(26)17-7-12-6-13(21)8-15(23)18(12)29-17/h4-10H,1-3H3,(H,25,26)/b24-9-. The average molecular weight is 589 g/mol. The molecule has 0 aliphatic heterocycles. The third kappa shape index (κ3) is 5.21. The maximum absolute atomic E-state index is 12.4. The van der Waals surface area contributed by atoms with Gasteiger partial charge in [-0.1, -0.05) is 15.9 Å². The lowest BCUT2D eigenvalue weighted by molar-refractivity contribution is 0.0929. The van der Waals surface area contributed by atoms with Crippen LogP contribution in [0.2, 0.25) is 0 Å². The molecule has 0 spiro atoms. The van der Waals surface area contributed by atoms with Gasteiger partial charge in [-0.2, -0.15) is 5.10 Å². The van der Waals surface area contributed by atoms with Crippen LogP contribution in [0.25, 0.3) is 11.0 Å². The Morgan fingerprint density at radius 2 is 1.90 bits per heavy atom. The number of carbonyl (C=O) groups excluding carboxylic acids is 1. The first kappa shape index (κ1) is 21.9. The van der Waals surface area contributed by atoms with Crippen molar-refractivity contribution in [1.29, 1.82) is 0 Å². The SMILES string of the molecule is COc1cc(/C=N\NC(=O)c2cc3cc(Br)cc(Br)c3o2)cc(Br)c1OC(C)C. The van der Waals surface area contributed by atoms with E-state index < -0.39 is 5.91 Å². The summed E-state index contributed by atoms with van der Waals surface area (Å²) in [7, 11) is 1.57. The number of rotatable bonds is 6. The summed E-state index contributed by atoms with van der Waals surface area (Å²) in [5.41, 5.74) is 3.79. The number of ether oxygens (including phenoxy) is 2. The number of carbonyl (C=O) groups is 1. The molecule has 0 saturated carbocycles. The minimum Gasteiger partial charge on any atom is -0.493 e. The van der Waals surface area contributed by atoms with Crippen LogP contribution in [0.3, 0.4) is 0 Å². The van der Waals surface area contributed by atoms with Crippen LogP contribution in [0, 0.1) is 0 Å². The molecule has 2 aromatic carbocycles. The number of furan rings is 1. The molecule has 152 valence electrons. The lowest BCUT2D eigenvalue weighted by Crippen LogP contribution is -2.16. The average Bonchev–Trinajstić information content (AvgIpc) is 3.07. The van der Waals surface area contributed by atoms with Crippen LogP contribution in [0.15, 0.2) is 53.3 Å². The Hall–Kier alpha value is -1.84. The summed E-state index contributed by atoms with van der Waals surface area (Å²) in [5, 5.41) is 4.81. The molecule has 0 aliphatic carbocycles. The largest absolute Gasteiger partial charge is 0.493 e. The van der Waals surface area contributed by atoms with Crippen molar-refractivity contribution in [2.45, 2.75) is 20.0 Å². The third-order valence-electron chi connectivity index (χ3n) is 3.74. The second-order valence-electron chi connectivity index (χ2n) is 6.32. The van der Waals surface area contributed by atoms with E-state index >= 15 is 0 Å². The van der Waals surface area contributed by atoms with Crippen LogP contribution >= 0.6 is 47.8 Å². The lowest BCUT2D eigenvalue weighted by Gasteiger charge is -2.15. The summed E-state index contributed by atoms with van der Waals surface area (Å²) in [6, 6.07) is 8.98. The quantitative estimate of drug-likeness (QED) is 0.272. The molecule has 1 heterocycles. The molecule has 3 aromatic rings. The second-order valence-corrected chi connectivity index (χ2v) is 8.94. The molecule has 0 saturated heterocycles. The van der Waals surface area contributed by atoms with Gasteiger partial charge in [0.15, 0.2) is 17.3 Å². The summed E-state index contributed by atoms with van der Waals surface area (Å²) >= 11 is 10.3. The van der Waals surface area contributed by atoms with Gasteiger partial charge in [0.25, 0.3) is 0 Å². The molecule has 3 rings (SSSR count). The van der Waals surface area contributed by atoms with E-state index in [-0.39, 0.29) is 11.9 Å². The molecule has 9 heteroatoms. The molecule has 1 aromatic heterocycles.